The van der Waals surface area contributed by atoms with Gasteiger partial charge >= 0.3 is 0 Å². The van der Waals surface area contributed by atoms with E-state index >= 15 is 0 Å². The highest BCUT2D eigenvalue weighted by molar-refractivity contribution is 5.70. The smallest absolute Gasteiger partial charge is 0.231 e. The van der Waals surface area contributed by atoms with Crippen molar-refractivity contribution in [2.75, 3.05) is 6.79 Å². The largest absolute Gasteiger partial charge is 0.490 e. The van der Waals surface area contributed by atoms with Crippen LogP contribution in [0.15, 0.2) is 42.5 Å². The second kappa shape index (κ2) is 9.51. The highest BCUT2D eigenvalue weighted by atomic mass is 16.7. The van der Waals surface area contributed by atoms with Crippen LogP contribution < -0.4 is 18.9 Å². The Kier molecular flexibility index (Phi) is 6.54. The fraction of sp³-hybridized carbons (Fsp3) is 0.370. The molecule has 1 aliphatic rings. The van der Waals surface area contributed by atoms with Crippen molar-refractivity contribution in [3.63, 3.8) is 0 Å². The van der Waals surface area contributed by atoms with Crippen LogP contribution in [0.2, 0.25) is 0 Å². The lowest BCUT2D eigenvalue weighted by molar-refractivity contribution is 0.173. The summed E-state index contributed by atoms with van der Waals surface area (Å²) in [7, 11) is 0. The second-order valence-corrected chi connectivity index (χ2v) is 8.20. The molecular formula is C27H31NO4. The molecule has 0 unspecified atom stereocenters. The summed E-state index contributed by atoms with van der Waals surface area (Å²) in [6.45, 7) is 11.1. The summed E-state index contributed by atoms with van der Waals surface area (Å²) >= 11 is 0. The molecule has 0 radical (unpaired) electrons. The summed E-state index contributed by atoms with van der Waals surface area (Å²) in [5, 5.41) is 0. The van der Waals surface area contributed by atoms with Gasteiger partial charge in [0.15, 0.2) is 11.5 Å². The topological polar surface area (TPSA) is 49.8 Å². The van der Waals surface area contributed by atoms with Crippen LogP contribution in [0.3, 0.4) is 0 Å². The first-order chi connectivity index (χ1) is 15.5. The van der Waals surface area contributed by atoms with Gasteiger partial charge in [-0.1, -0.05) is 32.0 Å². The van der Waals surface area contributed by atoms with E-state index in [1.807, 2.05) is 39.0 Å². The maximum atomic E-state index is 6.23. The predicted octanol–water partition coefficient (Wildman–Crippen LogP) is 6.28. The van der Waals surface area contributed by atoms with Gasteiger partial charge in [0.1, 0.15) is 18.1 Å². The van der Waals surface area contributed by atoms with Gasteiger partial charge in [0.2, 0.25) is 6.79 Å². The zero-order chi connectivity index (χ0) is 22.7. The third kappa shape index (κ3) is 4.52. The van der Waals surface area contributed by atoms with Crippen LogP contribution in [-0.2, 0) is 19.4 Å². The van der Waals surface area contributed by atoms with E-state index in [0.717, 1.165) is 47.0 Å². The van der Waals surface area contributed by atoms with Gasteiger partial charge in [0, 0.05) is 23.4 Å². The average molecular weight is 434 g/mol. The van der Waals surface area contributed by atoms with E-state index in [0.29, 0.717) is 12.4 Å². The van der Waals surface area contributed by atoms with E-state index in [9.17, 15) is 0 Å². The van der Waals surface area contributed by atoms with Crippen molar-refractivity contribution >= 4 is 0 Å². The van der Waals surface area contributed by atoms with Crippen molar-refractivity contribution in [2.45, 2.75) is 60.2 Å². The summed E-state index contributed by atoms with van der Waals surface area (Å²) < 4.78 is 23.2. The monoisotopic (exact) mass is 433 g/mol. The zero-order valence-corrected chi connectivity index (χ0v) is 19.5. The number of benzene rings is 2. The Balaban J connectivity index is 1.69. The SMILES string of the molecule is CCc1cccc(CC)c1-c1cc(OC(C)C)c(COc2ccc3c(c2)OCO3)c(C)n1. The minimum absolute atomic E-state index is 0.0426. The minimum Gasteiger partial charge on any atom is -0.490 e. The Labute approximate surface area is 190 Å². The highest BCUT2D eigenvalue weighted by Gasteiger charge is 2.19. The van der Waals surface area contributed by atoms with Gasteiger partial charge in [-0.25, -0.2) is 0 Å². The van der Waals surface area contributed by atoms with Crippen molar-refractivity contribution < 1.29 is 18.9 Å². The Morgan fingerprint density at radius 2 is 1.69 bits per heavy atom. The number of hydrogen-bond donors (Lipinski definition) is 0. The molecule has 2 aromatic carbocycles. The molecule has 0 bridgehead atoms. The van der Waals surface area contributed by atoms with E-state index in [1.165, 1.54) is 16.7 Å². The Hall–Kier alpha value is -3.21. The molecule has 32 heavy (non-hydrogen) atoms. The lowest BCUT2D eigenvalue weighted by Crippen LogP contribution is -2.11. The molecule has 0 saturated carbocycles. The van der Waals surface area contributed by atoms with Crippen molar-refractivity contribution in [1.29, 1.82) is 0 Å². The second-order valence-electron chi connectivity index (χ2n) is 8.20. The Morgan fingerprint density at radius 3 is 2.38 bits per heavy atom. The van der Waals surface area contributed by atoms with Crippen LogP contribution in [-0.4, -0.2) is 17.9 Å². The number of aromatic nitrogens is 1. The van der Waals surface area contributed by atoms with Gasteiger partial charge in [0.05, 0.1) is 17.4 Å². The third-order valence-corrected chi connectivity index (χ3v) is 5.64. The quantitative estimate of drug-likeness (QED) is 0.419. The molecule has 0 atom stereocenters. The van der Waals surface area contributed by atoms with E-state index < -0.39 is 0 Å². The van der Waals surface area contributed by atoms with E-state index in [-0.39, 0.29) is 12.9 Å². The molecular weight excluding hydrogens is 402 g/mol. The molecule has 1 aromatic heterocycles. The van der Waals surface area contributed by atoms with Crippen molar-refractivity contribution in [3.05, 3.63) is 64.8 Å². The molecule has 168 valence electrons. The van der Waals surface area contributed by atoms with Gasteiger partial charge < -0.3 is 18.9 Å². The minimum atomic E-state index is 0.0426. The van der Waals surface area contributed by atoms with Crippen LogP contribution in [0.1, 0.15) is 50.1 Å². The lowest BCUT2D eigenvalue weighted by atomic mass is 9.94. The van der Waals surface area contributed by atoms with E-state index in [4.69, 9.17) is 23.9 Å². The highest BCUT2D eigenvalue weighted by Crippen LogP contribution is 2.37. The molecule has 1 aliphatic heterocycles. The van der Waals surface area contributed by atoms with Crippen molar-refractivity contribution in [1.82, 2.24) is 4.98 Å². The van der Waals surface area contributed by atoms with Gasteiger partial charge in [-0.2, -0.15) is 0 Å². The predicted molar refractivity (Wildman–Crippen MR) is 126 cm³/mol. The first-order valence-electron chi connectivity index (χ1n) is 11.3. The maximum Gasteiger partial charge on any atom is 0.231 e. The number of hydrogen-bond acceptors (Lipinski definition) is 5. The molecule has 0 saturated heterocycles. The molecule has 3 aromatic rings. The molecule has 0 fully saturated rings. The average Bonchev–Trinajstić information content (AvgIpc) is 3.25. The number of nitrogens with zero attached hydrogens (tertiary/aromatic N) is 1. The number of pyridine rings is 1. The van der Waals surface area contributed by atoms with Crippen molar-refractivity contribution in [2.24, 2.45) is 0 Å². The van der Waals surface area contributed by atoms with Gasteiger partial charge in [-0.05, 0) is 56.9 Å². The molecule has 0 spiro atoms. The number of rotatable bonds is 8. The summed E-state index contributed by atoms with van der Waals surface area (Å²) in [6.07, 6.45) is 1.96. The van der Waals surface area contributed by atoms with Gasteiger partial charge in [-0.15, -0.1) is 0 Å². The molecule has 2 heterocycles. The molecule has 0 aliphatic carbocycles. The Bertz CT molecular complexity index is 1080. The lowest BCUT2D eigenvalue weighted by Gasteiger charge is -2.20. The first kappa shape index (κ1) is 22.0. The number of fused-ring (bicyclic) bond motifs is 1. The standard InChI is InChI=1S/C27H31NO4/c1-6-19-9-8-10-20(7-2)27(19)23-14-25(32-17(3)4)22(18(5)28-23)15-29-21-11-12-24-26(13-21)31-16-30-24/h8-14,17H,6-7,15-16H2,1-5H3. The van der Waals surface area contributed by atoms with Crippen LogP contribution >= 0.6 is 0 Å². The summed E-state index contributed by atoms with van der Waals surface area (Å²) in [6, 6.07) is 14.2. The van der Waals surface area contributed by atoms with Crippen LogP contribution in [0, 0.1) is 6.92 Å². The fourth-order valence-corrected chi connectivity index (χ4v) is 4.03. The molecule has 0 amide bonds. The zero-order valence-electron chi connectivity index (χ0n) is 19.5. The summed E-state index contributed by atoms with van der Waals surface area (Å²) in [5.41, 5.74) is 6.64. The molecule has 4 rings (SSSR count). The molecule has 5 heteroatoms. The van der Waals surface area contributed by atoms with Crippen LogP contribution in [0.5, 0.6) is 23.0 Å². The first-order valence-corrected chi connectivity index (χ1v) is 11.3. The normalized spacial score (nSPS) is 12.3. The van der Waals surface area contributed by atoms with E-state index in [1.54, 1.807) is 0 Å². The molecule has 0 N–H and O–H groups in total. The maximum absolute atomic E-state index is 6.23. The third-order valence-electron chi connectivity index (χ3n) is 5.64. The fourth-order valence-electron chi connectivity index (χ4n) is 4.03. The van der Waals surface area contributed by atoms with Gasteiger partial charge in [0.25, 0.3) is 0 Å². The Morgan fingerprint density at radius 1 is 0.969 bits per heavy atom. The van der Waals surface area contributed by atoms with E-state index in [2.05, 4.69) is 38.1 Å². The number of aryl methyl sites for hydroxylation is 3. The van der Waals surface area contributed by atoms with Gasteiger partial charge in [-0.3, -0.25) is 4.98 Å². The van der Waals surface area contributed by atoms with Crippen LogP contribution in [0.25, 0.3) is 11.3 Å². The summed E-state index contributed by atoms with van der Waals surface area (Å²) in [5.74, 6) is 2.98. The number of ether oxygens (including phenoxy) is 4. The van der Waals surface area contributed by atoms with Crippen LogP contribution in [0.4, 0.5) is 0 Å². The summed E-state index contributed by atoms with van der Waals surface area (Å²) in [4.78, 5) is 4.99. The molecule has 5 nitrogen and oxygen atoms in total. The van der Waals surface area contributed by atoms with Crippen molar-refractivity contribution in [3.8, 4) is 34.3 Å².